The minimum atomic E-state index is -1.05. The maximum atomic E-state index is 13.4. The van der Waals surface area contributed by atoms with Crippen LogP contribution in [0.3, 0.4) is 0 Å². The van der Waals surface area contributed by atoms with Crippen LogP contribution < -0.4 is 0 Å². The molecule has 1 amide bonds. The SMILES string of the molecule is COC1/C=C/C=C/CC(OC)c2coc(n2)CC(O)C(C)(C)C(CC(OC)C(C)CCC(=O)C(C)C(C/C=C/N(C)C=O)OC)OC(=O)CC(O)C1. The lowest BCUT2D eigenvalue weighted by Gasteiger charge is -2.40. The molecule has 9 unspecified atom stereocenters. The summed E-state index contributed by atoms with van der Waals surface area (Å²) in [6.07, 6.45) is 10.5. The Morgan fingerprint density at radius 3 is 2.44 bits per heavy atom. The first-order valence-electron chi connectivity index (χ1n) is 18.0. The molecule has 1 aromatic heterocycles. The summed E-state index contributed by atoms with van der Waals surface area (Å²) in [7, 11) is 7.89. The van der Waals surface area contributed by atoms with E-state index in [1.54, 1.807) is 46.7 Å². The van der Waals surface area contributed by atoms with Gasteiger partial charge in [0.25, 0.3) is 0 Å². The van der Waals surface area contributed by atoms with Crippen molar-refractivity contribution >= 4 is 18.2 Å². The van der Waals surface area contributed by atoms with Crippen LogP contribution in [0.15, 0.2) is 47.3 Å². The van der Waals surface area contributed by atoms with Gasteiger partial charge in [0.1, 0.15) is 29.9 Å². The number of amides is 1. The zero-order valence-corrected chi connectivity index (χ0v) is 32.4. The molecule has 1 aliphatic rings. The molecule has 0 aliphatic carbocycles. The highest BCUT2D eigenvalue weighted by molar-refractivity contribution is 5.81. The zero-order valence-electron chi connectivity index (χ0n) is 32.4. The fourth-order valence-corrected chi connectivity index (χ4v) is 6.19. The topological polar surface area (TPSA) is 167 Å². The number of carbonyl (C=O) groups excluding carboxylic acids is 3. The summed E-state index contributed by atoms with van der Waals surface area (Å²) in [6, 6.07) is 0. The van der Waals surface area contributed by atoms with E-state index in [0.29, 0.717) is 37.3 Å². The number of methoxy groups -OCH3 is 4. The van der Waals surface area contributed by atoms with Crippen molar-refractivity contribution in [1.82, 2.24) is 9.88 Å². The first-order chi connectivity index (χ1) is 24.7. The van der Waals surface area contributed by atoms with E-state index in [-0.39, 0.29) is 61.9 Å². The number of esters is 1. The molecule has 2 N–H and O–H groups in total. The van der Waals surface area contributed by atoms with Gasteiger partial charge in [-0.05, 0) is 25.2 Å². The highest BCUT2D eigenvalue weighted by Gasteiger charge is 2.42. The summed E-state index contributed by atoms with van der Waals surface area (Å²) in [6.45, 7) is 7.43. The van der Waals surface area contributed by atoms with Crippen LogP contribution in [0, 0.1) is 17.3 Å². The number of rotatable bonds is 16. The normalized spacial score (nSPS) is 26.9. The molecule has 52 heavy (non-hydrogen) atoms. The van der Waals surface area contributed by atoms with Gasteiger partial charge < -0.3 is 43.2 Å². The van der Waals surface area contributed by atoms with Crippen LogP contribution in [-0.4, -0.2) is 110 Å². The lowest BCUT2D eigenvalue weighted by Crippen LogP contribution is -2.46. The fraction of sp³-hybridized carbons (Fsp3) is 0.692. The highest BCUT2D eigenvalue weighted by atomic mass is 16.5. The monoisotopic (exact) mass is 734 g/mol. The number of oxazole rings is 1. The van der Waals surface area contributed by atoms with Crippen LogP contribution in [0.4, 0.5) is 0 Å². The second-order valence-corrected chi connectivity index (χ2v) is 14.3. The van der Waals surface area contributed by atoms with Crippen LogP contribution in [0.5, 0.6) is 0 Å². The van der Waals surface area contributed by atoms with Gasteiger partial charge in [0.2, 0.25) is 6.41 Å². The largest absolute Gasteiger partial charge is 0.462 e. The minimum absolute atomic E-state index is 0.0368. The highest BCUT2D eigenvalue weighted by Crippen LogP contribution is 2.36. The first kappa shape index (κ1) is 45.0. The van der Waals surface area contributed by atoms with E-state index in [0.717, 1.165) is 0 Å². The molecule has 9 atom stereocenters. The predicted molar refractivity (Wildman–Crippen MR) is 195 cm³/mol. The van der Waals surface area contributed by atoms with Crippen molar-refractivity contribution < 1.29 is 52.7 Å². The molecule has 0 aromatic carbocycles. The van der Waals surface area contributed by atoms with Gasteiger partial charge in [0.05, 0.1) is 43.4 Å². The summed E-state index contributed by atoms with van der Waals surface area (Å²) in [5.41, 5.74) is -0.428. The number of fused-ring (bicyclic) bond motifs is 2. The Hall–Kier alpha value is -3.20. The molecule has 0 saturated heterocycles. The molecule has 0 spiro atoms. The van der Waals surface area contributed by atoms with Gasteiger partial charge in [0, 0.05) is 72.3 Å². The number of hydrogen-bond donors (Lipinski definition) is 2. The third kappa shape index (κ3) is 14.3. The number of aliphatic hydroxyl groups is 2. The maximum absolute atomic E-state index is 13.4. The van der Waals surface area contributed by atoms with Crippen molar-refractivity contribution in [3.8, 4) is 0 Å². The summed E-state index contributed by atoms with van der Waals surface area (Å²) in [5, 5.41) is 22.4. The zero-order chi connectivity index (χ0) is 38.8. The van der Waals surface area contributed by atoms with Crippen LogP contribution >= 0.6 is 0 Å². The van der Waals surface area contributed by atoms with Crippen molar-refractivity contribution in [3.05, 3.63) is 54.4 Å². The summed E-state index contributed by atoms with van der Waals surface area (Å²) < 4.78 is 34.5. The number of cyclic esters (lactones) is 1. The van der Waals surface area contributed by atoms with Gasteiger partial charge in [-0.15, -0.1) is 0 Å². The summed E-state index contributed by atoms with van der Waals surface area (Å²) in [5.74, 6) is -0.777. The van der Waals surface area contributed by atoms with Gasteiger partial charge in [0.15, 0.2) is 5.89 Å². The number of hydrogen-bond acceptors (Lipinski definition) is 12. The Labute approximate surface area is 309 Å². The molecule has 0 radical (unpaired) electrons. The molecule has 2 rings (SSSR count). The fourth-order valence-electron chi connectivity index (χ4n) is 6.19. The maximum Gasteiger partial charge on any atom is 0.308 e. The van der Waals surface area contributed by atoms with Crippen molar-refractivity contribution in [2.45, 2.75) is 122 Å². The van der Waals surface area contributed by atoms with Crippen LogP contribution in [-0.2, 0) is 44.5 Å². The number of ketones is 1. The number of Topliss-reactive ketones (excluding diaryl/α,β-unsaturated/α-hetero) is 1. The molecule has 13 nitrogen and oxygen atoms in total. The van der Waals surface area contributed by atoms with Gasteiger partial charge >= 0.3 is 5.97 Å². The third-order valence-electron chi connectivity index (χ3n) is 10.1. The van der Waals surface area contributed by atoms with Crippen molar-refractivity contribution in [3.63, 3.8) is 0 Å². The molecule has 0 saturated carbocycles. The van der Waals surface area contributed by atoms with Gasteiger partial charge in [-0.3, -0.25) is 14.4 Å². The smallest absolute Gasteiger partial charge is 0.308 e. The van der Waals surface area contributed by atoms with E-state index in [1.807, 2.05) is 45.9 Å². The second kappa shape index (κ2) is 22.8. The molecule has 294 valence electrons. The van der Waals surface area contributed by atoms with Crippen molar-refractivity contribution in [1.29, 1.82) is 0 Å². The second-order valence-electron chi connectivity index (χ2n) is 14.3. The van der Waals surface area contributed by atoms with Crippen molar-refractivity contribution in [2.75, 3.05) is 35.5 Å². The standard InChI is InChI=1S/C39H62N2O11/c1-26(17-18-31(44)27(2)32(48-7)16-13-19-41(5)25-42)34(50-9)22-36-39(3,4)35(45)23-37-40-30(24-51-37)33(49-8)15-12-10-11-14-29(47-6)20-28(43)21-38(46)52-36/h10-14,19,24-29,32-36,43,45H,15-18,20-23H2,1-9H3/b12-10+,14-11+,19-13+. The van der Waals surface area contributed by atoms with Crippen molar-refractivity contribution in [2.24, 2.45) is 17.3 Å². The third-order valence-corrected chi connectivity index (χ3v) is 10.1. The Bertz CT molecular complexity index is 1310. The molecule has 1 aliphatic heterocycles. The molecule has 2 heterocycles. The molecular formula is C39H62N2O11. The molecule has 13 heteroatoms. The average molecular weight is 735 g/mol. The molecule has 0 fully saturated rings. The number of nitrogens with zero attached hydrogens (tertiary/aromatic N) is 2. The van der Waals surface area contributed by atoms with Crippen LogP contribution in [0.25, 0.3) is 0 Å². The first-order valence-corrected chi connectivity index (χ1v) is 18.0. The number of aromatic nitrogens is 1. The predicted octanol–water partition coefficient (Wildman–Crippen LogP) is 4.91. The molecule has 2 bridgehead atoms. The quantitative estimate of drug-likeness (QED) is 0.174. The number of ether oxygens (including phenoxy) is 5. The Balaban J connectivity index is 2.29. The summed E-state index contributed by atoms with van der Waals surface area (Å²) >= 11 is 0. The van der Waals surface area contributed by atoms with Gasteiger partial charge in [-0.1, -0.05) is 58.1 Å². The van der Waals surface area contributed by atoms with Crippen LogP contribution in [0.1, 0.15) is 90.3 Å². The number of carbonyl (C=O) groups is 3. The lowest BCUT2D eigenvalue weighted by atomic mass is 9.75. The Morgan fingerprint density at radius 1 is 1.10 bits per heavy atom. The summed E-state index contributed by atoms with van der Waals surface area (Å²) in [4.78, 5) is 43.4. The van der Waals surface area contributed by atoms with Gasteiger partial charge in [-0.2, -0.15) is 0 Å². The van der Waals surface area contributed by atoms with Crippen LogP contribution in [0.2, 0.25) is 0 Å². The Kier molecular flexibility index (Phi) is 19.7. The molecular weight excluding hydrogens is 672 g/mol. The van der Waals surface area contributed by atoms with E-state index in [9.17, 15) is 24.6 Å². The van der Waals surface area contributed by atoms with E-state index in [1.165, 1.54) is 18.3 Å². The van der Waals surface area contributed by atoms with E-state index < -0.39 is 41.9 Å². The molecule has 1 aromatic rings. The number of allylic oxidation sites excluding steroid dienone is 2. The lowest BCUT2D eigenvalue weighted by molar-refractivity contribution is -0.167. The average Bonchev–Trinajstić information content (AvgIpc) is 3.58. The van der Waals surface area contributed by atoms with E-state index in [4.69, 9.17) is 28.1 Å². The van der Waals surface area contributed by atoms with E-state index >= 15 is 0 Å². The number of aliphatic hydroxyl groups excluding tert-OH is 2. The van der Waals surface area contributed by atoms with Gasteiger partial charge in [-0.25, -0.2) is 4.98 Å². The van der Waals surface area contributed by atoms with E-state index in [2.05, 4.69) is 4.98 Å². The Morgan fingerprint density at radius 2 is 1.81 bits per heavy atom. The minimum Gasteiger partial charge on any atom is -0.462 e.